The maximum absolute atomic E-state index is 12.6. The zero-order valence-corrected chi connectivity index (χ0v) is 14.4. The molecule has 0 bridgehead atoms. The predicted octanol–water partition coefficient (Wildman–Crippen LogP) is 2.93. The summed E-state index contributed by atoms with van der Waals surface area (Å²) in [5, 5.41) is 3.88. The molecule has 4 rings (SSSR count). The van der Waals surface area contributed by atoms with E-state index in [2.05, 4.69) is 15.3 Å². The quantitative estimate of drug-likeness (QED) is 0.711. The third-order valence-electron chi connectivity index (χ3n) is 4.56. The molecule has 2 aliphatic rings. The maximum Gasteiger partial charge on any atom is 0.327 e. The maximum atomic E-state index is 12.6. The van der Waals surface area contributed by atoms with Crippen molar-refractivity contribution in [3.05, 3.63) is 71.5 Å². The number of anilines is 1. The number of benzene rings is 1. The molecule has 1 aliphatic carbocycles. The molecule has 2 aromatic rings. The number of hydrogen-bond acceptors (Lipinski definition) is 4. The van der Waals surface area contributed by atoms with E-state index in [9.17, 15) is 14.4 Å². The zero-order chi connectivity index (χ0) is 17.7. The van der Waals surface area contributed by atoms with E-state index in [0.717, 1.165) is 5.70 Å². The minimum Gasteiger partial charge on any atom is -0.344 e. The molecule has 0 fully saturated rings. The van der Waals surface area contributed by atoms with Gasteiger partial charge in [-0.3, -0.25) is 19.6 Å². The van der Waals surface area contributed by atoms with Gasteiger partial charge in [-0.2, -0.15) is 0 Å². The number of fused-ring (bicyclic) bond motifs is 1. The Bertz CT molecular complexity index is 1050. The Morgan fingerprint density at radius 3 is 2.60 bits per heavy atom. The van der Waals surface area contributed by atoms with Crippen molar-refractivity contribution in [1.82, 2.24) is 9.97 Å². The first-order valence-corrected chi connectivity index (χ1v) is 8.56. The van der Waals surface area contributed by atoms with E-state index >= 15 is 0 Å². The van der Waals surface area contributed by atoms with Gasteiger partial charge in [-0.1, -0.05) is 29.3 Å². The lowest BCUT2D eigenvalue weighted by atomic mass is 9.76. The van der Waals surface area contributed by atoms with E-state index in [1.807, 2.05) is 0 Å². The number of H-pyrrole nitrogens is 2. The van der Waals surface area contributed by atoms with Crippen LogP contribution in [0.1, 0.15) is 36.3 Å². The Hall–Kier alpha value is -2.31. The van der Waals surface area contributed by atoms with E-state index in [1.165, 1.54) is 0 Å². The number of Topliss-reactive ketones (excluding diaryl/α,β-unsaturated/α-hetero) is 1. The largest absolute Gasteiger partial charge is 0.344 e. The van der Waals surface area contributed by atoms with Gasteiger partial charge in [-0.25, -0.2) is 4.79 Å². The second-order valence-electron chi connectivity index (χ2n) is 6.09. The van der Waals surface area contributed by atoms with Crippen LogP contribution in [0.5, 0.6) is 0 Å². The molecule has 1 atom stereocenters. The number of carbonyl (C=O) groups excluding carboxylic acids is 1. The molecule has 1 aromatic heterocycles. The average molecular weight is 378 g/mol. The van der Waals surface area contributed by atoms with Crippen LogP contribution in [0.4, 0.5) is 5.82 Å². The molecule has 0 spiro atoms. The molecule has 0 radical (unpaired) electrons. The normalized spacial score (nSPS) is 19.3. The molecule has 0 saturated carbocycles. The molecule has 6 nitrogen and oxygen atoms in total. The third-order valence-corrected chi connectivity index (χ3v) is 5.12. The Morgan fingerprint density at radius 2 is 1.84 bits per heavy atom. The molecule has 1 aromatic carbocycles. The lowest BCUT2D eigenvalue weighted by Gasteiger charge is -2.33. The first kappa shape index (κ1) is 16.2. The number of nitrogens with one attached hydrogen (secondary N) is 3. The fourth-order valence-electron chi connectivity index (χ4n) is 3.54. The Labute approximate surface area is 151 Å². The first-order valence-electron chi connectivity index (χ1n) is 7.80. The summed E-state index contributed by atoms with van der Waals surface area (Å²) in [7, 11) is 0. The highest BCUT2D eigenvalue weighted by atomic mass is 35.5. The van der Waals surface area contributed by atoms with Gasteiger partial charge in [0.25, 0.3) is 5.56 Å². The van der Waals surface area contributed by atoms with Crippen LogP contribution in [0.2, 0.25) is 10.0 Å². The van der Waals surface area contributed by atoms with Crippen LogP contribution in [0.15, 0.2) is 39.1 Å². The molecule has 0 amide bonds. The van der Waals surface area contributed by atoms with E-state index in [1.54, 1.807) is 18.2 Å². The van der Waals surface area contributed by atoms with Crippen molar-refractivity contribution >= 4 is 34.8 Å². The summed E-state index contributed by atoms with van der Waals surface area (Å²) in [6, 6.07) is 4.95. The smallest absolute Gasteiger partial charge is 0.327 e. The number of aromatic nitrogens is 2. The number of halogens is 2. The minimum absolute atomic E-state index is 0.0268. The van der Waals surface area contributed by atoms with Gasteiger partial charge >= 0.3 is 5.69 Å². The number of hydrogen-bond donors (Lipinski definition) is 3. The average Bonchev–Trinajstić information content (AvgIpc) is 2.53. The van der Waals surface area contributed by atoms with Gasteiger partial charge in [0, 0.05) is 33.7 Å². The highest BCUT2D eigenvalue weighted by Gasteiger charge is 2.38. The van der Waals surface area contributed by atoms with E-state index < -0.39 is 17.2 Å². The van der Waals surface area contributed by atoms with Crippen LogP contribution in [-0.4, -0.2) is 15.8 Å². The molecule has 1 aliphatic heterocycles. The molecular formula is C17H13Cl2N3O3. The summed E-state index contributed by atoms with van der Waals surface area (Å²) in [6.07, 6.45) is 1.80. The monoisotopic (exact) mass is 377 g/mol. The van der Waals surface area contributed by atoms with Gasteiger partial charge in [0.2, 0.25) is 0 Å². The van der Waals surface area contributed by atoms with Gasteiger partial charge < -0.3 is 5.32 Å². The number of allylic oxidation sites excluding steroid dienone is 2. The molecule has 25 heavy (non-hydrogen) atoms. The second kappa shape index (κ2) is 5.89. The van der Waals surface area contributed by atoms with Crippen molar-refractivity contribution in [1.29, 1.82) is 0 Å². The fourth-order valence-corrected chi connectivity index (χ4v) is 4.06. The van der Waals surface area contributed by atoms with Crippen LogP contribution in [-0.2, 0) is 4.79 Å². The van der Waals surface area contributed by atoms with Crippen LogP contribution < -0.4 is 16.6 Å². The standard InChI is InChI=1S/C17H13Cl2N3O3/c18-7-4-5-8(9(19)6-7)12-13-10(2-1-3-11(13)23)20-15-14(12)16(24)22-17(25)21-15/h4-6,12H,1-3H2,(H3,20,21,22,24,25). The van der Waals surface area contributed by atoms with Crippen molar-refractivity contribution < 1.29 is 4.79 Å². The Kier molecular flexibility index (Phi) is 3.81. The van der Waals surface area contributed by atoms with Gasteiger partial charge in [-0.15, -0.1) is 0 Å². The SMILES string of the molecule is O=C1CCCC2=C1C(c1ccc(Cl)cc1Cl)c1c([nH]c(=O)[nH]c1=O)N2. The van der Waals surface area contributed by atoms with Gasteiger partial charge in [0.15, 0.2) is 5.78 Å². The number of aromatic amines is 2. The summed E-state index contributed by atoms with van der Waals surface area (Å²) in [5.74, 6) is -0.372. The highest BCUT2D eigenvalue weighted by molar-refractivity contribution is 6.35. The molecule has 3 N–H and O–H groups in total. The first-order chi connectivity index (χ1) is 12.0. The molecule has 0 saturated heterocycles. The molecule has 8 heteroatoms. The Morgan fingerprint density at radius 1 is 1.04 bits per heavy atom. The third kappa shape index (κ3) is 2.62. The van der Waals surface area contributed by atoms with E-state index in [-0.39, 0.29) is 11.3 Å². The summed E-state index contributed by atoms with van der Waals surface area (Å²) in [4.78, 5) is 41.6. The molecule has 1 unspecified atom stereocenters. The van der Waals surface area contributed by atoms with Crippen LogP contribution in [0.25, 0.3) is 0 Å². The topological polar surface area (TPSA) is 94.8 Å². The van der Waals surface area contributed by atoms with Crippen molar-refractivity contribution in [3.63, 3.8) is 0 Å². The number of carbonyl (C=O) groups is 1. The summed E-state index contributed by atoms with van der Waals surface area (Å²) in [5.41, 5.74) is 0.976. The van der Waals surface area contributed by atoms with Crippen LogP contribution in [0, 0.1) is 0 Å². The van der Waals surface area contributed by atoms with Gasteiger partial charge in [0.05, 0.1) is 5.56 Å². The number of ketones is 1. The highest BCUT2D eigenvalue weighted by Crippen LogP contribution is 2.44. The number of rotatable bonds is 1. The zero-order valence-electron chi connectivity index (χ0n) is 12.9. The van der Waals surface area contributed by atoms with E-state index in [4.69, 9.17) is 23.2 Å². The summed E-state index contributed by atoms with van der Waals surface area (Å²) in [6.45, 7) is 0. The minimum atomic E-state index is -0.649. The van der Waals surface area contributed by atoms with Crippen molar-refractivity contribution in [2.45, 2.75) is 25.2 Å². The van der Waals surface area contributed by atoms with Crippen molar-refractivity contribution in [2.24, 2.45) is 0 Å². The Balaban J connectivity index is 2.05. The van der Waals surface area contributed by atoms with Gasteiger partial charge in [0.1, 0.15) is 5.82 Å². The summed E-state index contributed by atoms with van der Waals surface area (Å²) >= 11 is 12.4. The van der Waals surface area contributed by atoms with Crippen molar-refractivity contribution in [3.8, 4) is 0 Å². The van der Waals surface area contributed by atoms with Gasteiger partial charge in [-0.05, 0) is 30.5 Å². The lowest BCUT2D eigenvalue weighted by molar-refractivity contribution is -0.116. The lowest BCUT2D eigenvalue weighted by Crippen LogP contribution is -2.36. The van der Waals surface area contributed by atoms with Crippen molar-refractivity contribution in [2.75, 3.05) is 5.32 Å². The fraction of sp³-hybridized carbons (Fsp3) is 0.235. The molecule has 2 heterocycles. The molecule has 128 valence electrons. The second-order valence-corrected chi connectivity index (χ2v) is 6.93. The summed E-state index contributed by atoms with van der Waals surface area (Å²) < 4.78 is 0. The predicted molar refractivity (Wildman–Crippen MR) is 95.5 cm³/mol. The van der Waals surface area contributed by atoms with Crippen LogP contribution >= 0.6 is 23.2 Å². The van der Waals surface area contributed by atoms with E-state index in [0.29, 0.717) is 46.3 Å². The van der Waals surface area contributed by atoms with Crippen LogP contribution in [0.3, 0.4) is 0 Å². The molecular weight excluding hydrogens is 365 g/mol.